The van der Waals surface area contributed by atoms with E-state index in [2.05, 4.69) is 26.3 Å². The number of amides is 2. The van der Waals surface area contributed by atoms with E-state index in [0.717, 1.165) is 46.3 Å². The molecule has 0 unspecified atom stereocenters. The summed E-state index contributed by atoms with van der Waals surface area (Å²) in [5.74, 6) is 0.00508. The number of fused-ring (bicyclic) bond motifs is 1. The average Bonchev–Trinajstić information content (AvgIpc) is 3.44. The van der Waals surface area contributed by atoms with Crippen LogP contribution in [0.4, 0.5) is 5.69 Å². The minimum atomic E-state index is -0.176. The van der Waals surface area contributed by atoms with Gasteiger partial charge in [-0.25, -0.2) is 4.98 Å². The summed E-state index contributed by atoms with van der Waals surface area (Å²) in [7, 11) is 1.60. The van der Waals surface area contributed by atoms with Crippen LogP contribution in [0, 0.1) is 0 Å². The zero-order chi connectivity index (χ0) is 21.4. The van der Waals surface area contributed by atoms with Crippen LogP contribution in [-0.4, -0.2) is 40.4 Å². The number of aromatic amines is 1. The first-order chi connectivity index (χ1) is 15.1. The largest absolute Gasteiger partial charge is 0.355 e. The van der Waals surface area contributed by atoms with Gasteiger partial charge in [-0.15, -0.1) is 0 Å². The molecule has 3 aromatic heterocycles. The summed E-state index contributed by atoms with van der Waals surface area (Å²) in [6, 6.07) is 11.9. The number of nitrogens with one attached hydrogen (secondary N) is 2. The Kier molecular flexibility index (Phi) is 4.71. The molecular formula is C24H21N5O2. The summed E-state index contributed by atoms with van der Waals surface area (Å²) in [6.07, 6.45) is 8.60. The normalized spacial score (nSPS) is 13.7. The molecule has 0 radical (unpaired) electrons. The number of nitrogens with zero attached hydrogens (tertiary/aromatic N) is 3. The van der Waals surface area contributed by atoms with Gasteiger partial charge in [0.15, 0.2) is 0 Å². The van der Waals surface area contributed by atoms with Crippen molar-refractivity contribution >= 4 is 28.5 Å². The molecule has 0 spiro atoms. The fraction of sp³-hybridized carbons (Fsp3) is 0.167. The van der Waals surface area contributed by atoms with Gasteiger partial charge in [0.1, 0.15) is 5.65 Å². The fourth-order valence-electron chi connectivity index (χ4n) is 4.01. The maximum Gasteiger partial charge on any atom is 0.252 e. The van der Waals surface area contributed by atoms with Gasteiger partial charge in [-0.1, -0.05) is 12.1 Å². The smallest absolute Gasteiger partial charge is 0.252 e. The van der Waals surface area contributed by atoms with E-state index in [4.69, 9.17) is 0 Å². The van der Waals surface area contributed by atoms with Crippen molar-refractivity contribution in [3.05, 3.63) is 66.7 Å². The summed E-state index contributed by atoms with van der Waals surface area (Å²) >= 11 is 0. The van der Waals surface area contributed by atoms with Crippen LogP contribution in [0.2, 0.25) is 0 Å². The molecule has 1 aromatic carbocycles. The van der Waals surface area contributed by atoms with Gasteiger partial charge in [0, 0.05) is 72.6 Å². The first kappa shape index (κ1) is 19.0. The van der Waals surface area contributed by atoms with Gasteiger partial charge in [0.05, 0.1) is 5.56 Å². The molecule has 1 fully saturated rings. The standard InChI is InChI=1S/C24H21N5O2/c1-25-24(31)18-10-20-21(14-28-23(20)27-13-18)17-9-16(11-26-12-17)15-4-6-19(7-5-15)29-8-2-3-22(29)30/h4-7,9-14H,2-3,8H2,1H3,(H,25,31)(H,27,28). The molecule has 7 nitrogen and oxygen atoms in total. The van der Waals surface area contributed by atoms with Crippen molar-refractivity contribution in [2.75, 3.05) is 18.5 Å². The van der Waals surface area contributed by atoms with E-state index in [1.165, 1.54) is 0 Å². The van der Waals surface area contributed by atoms with Crippen molar-refractivity contribution in [2.24, 2.45) is 0 Å². The molecule has 31 heavy (non-hydrogen) atoms. The third kappa shape index (κ3) is 3.44. The van der Waals surface area contributed by atoms with Crippen LogP contribution in [-0.2, 0) is 4.79 Å². The van der Waals surface area contributed by atoms with Crippen LogP contribution in [0.1, 0.15) is 23.2 Å². The second-order valence-corrected chi connectivity index (χ2v) is 7.56. The number of pyridine rings is 2. The quantitative estimate of drug-likeness (QED) is 0.535. The Balaban J connectivity index is 1.49. The number of hydrogen-bond donors (Lipinski definition) is 2. The molecule has 0 atom stereocenters. The van der Waals surface area contributed by atoms with Gasteiger partial charge in [0.2, 0.25) is 5.91 Å². The molecule has 4 aromatic rings. The number of anilines is 1. The number of benzene rings is 1. The van der Waals surface area contributed by atoms with Crippen LogP contribution < -0.4 is 10.2 Å². The van der Waals surface area contributed by atoms with E-state index in [-0.39, 0.29) is 11.8 Å². The molecule has 7 heteroatoms. The van der Waals surface area contributed by atoms with Gasteiger partial charge >= 0.3 is 0 Å². The highest BCUT2D eigenvalue weighted by atomic mass is 16.2. The van der Waals surface area contributed by atoms with Crippen LogP contribution in [0.5, 0.6) is 0 Å². The van der Waals surface area contributed by atoms with Crippen LogP contribution in [0.25, 0.3) is 33.3 Å². The average molecular weight is 411 g/mol. The Morgan fingerprint density at radius 1 is 1.06 bits per heavy atom. The van der Waals surface area contributed by atoms with Gasteiger partial charge < -0.3 is 15.2 Å². The van der Waals surface area contributed by atoms with Crippen molar-refractivity contribution in [3.63, 3.8) is 0 Å². The lowest BCUT2D eigenvalue weighted by molar-refractivity contribution is -0.117. The van der Waals surface area contributed by atoms with Crippen LogP contribution >= 0.6 is 0 Å². The molecule has 0 saturated carbocycles. The van der Waals surface area contributed by atoms with Crippen molar-refractivity contribution in [1.29, 1.82) is 0 Å². The molecule has 154 valence electrons. The van der Waals surface area contributed by atoms with E-state index in [1.807, 2.05) is 47.6 Å². The molecule has 2 N–H and O–H groups in total. The molecule has 4 heterocycles. The van der Waals surface area contributed by atoms with Crippen molar-refractivity contribution in [2.45, 2.75) is 12.8 Å². The predicted molar refractivity (Wildman–Crippen MR) is 120 cm³/mol. The van der Waals surface area contributed by atoms with Crippen molar-refractivity contribution < 1.29 is 9.59 Å². The summed E-state index contributed by atoms with van der Waals surface area (Å²) < 4.78 is 0. The van der Waals surface area contributed by atoms with E-state index in [1.54, 1.807) is 19.4 Å². The van der Waals surface area contributed by atoms with Gasteiger partial charge in [-0.2, -0.15) is 0 Å². The Morgan fingerprint density at radius 3 is 2.61 bits per heavy atom. The maximum absolute atomic E-state index is 12.0. The highest BCUT2D eigenvalue weighted by Crippen LogP contribution is 2.32. The van der Waals surface area contributed by atoms with E-state index >= 15 is 0 Å². The summed E-state index contributed by atoms with van der Waals surface area (Å²) in [5, 5.41) is 3.49. The highest BCUT2D eigenvalue weighted by Gasteiger charge is 2.21. The first-order valence-corrected chi connectivity index (χ1v) is 10.2. The molecule has 0 bridgehead atoms. The highest BCUT2D eigenvalue weighted by molar-refractivity contribution is 6.01. The molecule has 1 saturated heterocycles. The Bertz CT molecular complexity index is 1290. The molecule has 2 amide bonds. The summed E-state index contributed by atoms with van der Waals surface area (Å²) in [4.78, 5) is 37.8. The zero-order valence-electron chi connectivity index (χ0n) is 17.1. The Hall–Kier alpha value is -4.00. The van der Waals surface area contributed by atoms with E-state index in [0.29, 0.717) is 17.6 Å². The number of hydrogen-bond acceptors (Lipinski definition) is 4. The number of carbonyl (C=O) groups is 2. The van der Waals surface area contributed by atoms with E-state index in [9.17, 15) is 9.59 Å². The monoisotopic (exact) mass is 411 g/mol. The third-order valence-electron chi connectivity index (χ3n) is 5.66. The Labute approximate surface area is 179 Å². The molecule has 1 aliphatic rings. The number of rotatable bonds is 4. The lowest BCUT2D eigenvalue weighted by Crippen LogP contribution is -2.23. The molecular weight excluding hydrogens is 390 g/mol. The van der Waals surface area contributed by atoms with E-state index < -0.39 is 0 Å². The molecule has 5 rings (SSSR count). The molecule has 0 aliphatic carbocycles. The Morgan fingerprint density at radius 2 is 1.87 bits per heavy atom. The van der Waals surface area contributed by atoms with Gasteiger partial charge in [-0.3, -0.25) is 14.6 Å². The number of aromatic nitrogens is 3. The minimum Gasteiger partial charge on any atom is -0.355 e. The van der Waals surface area contributed by atoms with Gasteiger partial charge in [-0.05, 0) is 36.2 Å². The number of carbonyl (C=O) groups excluding carboxylic acids is 2. The van der Waals surface area contributed by atoms with Crippen LogP contribution in [0.3, 0.4) is 0 Å². The second kappa shape index (κ2) is 7.68. The topological polar surface area (TPSA) is 91.0 Å². The summed E-state index contributed by atoms with van der Waals surface area (Å²) in [6.45, 7) is 0.780. The fourth-order valence-corrected chi connectivity index (χ4v) is 4.01. The second-order valence-electron chi connectivity index (χ2n) is 7.56. The maximum atomic E-state index is 12.0. The van der Waals surface area contributed by atoms with Gasteiger partial charge in [0.25, 0.3) is 5.91 Å². The lowest BCUT2D eigenvalue weighted by atomic mass is 10.0. The van der Waals surface area contributed by atoms with Crippen molar-refractivity contribution in [3.8, 4) is 22.3 Å². The molecule has 1 aliphatic heterocycles. The SMILES string of the molecule is CNC(=O)c1cnc2[nH]cc(-c3cncc(-c4ccc(N5CCCC5=O)cc4)c3)c2c1. The first-order valence-electron chi connectivity index (χ1n) is 10.2. The van der Waals surface area contributed by atoms with Crippen LogP contribution in [0.15, 0.2) is 61.2 Å². The number of H-pyrrole nitrogens is 1. The lowest BCUT2D eigenvalue weighted by Gasteiger charge is -2.16. The zero-order valence-corrected chi connectivity index (χ0v) is 17.1. The third-order valence-corrected chi connectivity index (χ3v) is 5.66. The van der Waals surface area contributed by atoms with Crippen molar-refractivity contribution in [1.82, 2.24) is 20.3 Å². The minimum absolute atomic E-state index is 0.176. The summed E-state index contributed by atoms with van der Waals surface area (Å²) in [5.41, 5.74) is 6.01. The predicted octanol–water partition coefficient (Wildman–Crippen LogP) is 3.78.